The molecular weight excluding hydrogens is 296 g/mol. The van der Waals surface area contributed by atoms with Crippen molar-refractivity contribution >= 4 is 11.5 Å². The van der Waals surface area contributed by atoms with Gasteiger partial charge in [-0.3, -0.25) is 0 Å². The summed E-state index contributed by atoms with van der Waals surface area (Å²) < 4.78 is 1.93. The summed E-state index contributed by atoms with van der Waals surface area (Å²) in [6.45, 7) is 9.77. The van der Waals surface area contributed by atoms with Gasteiger partial charge in [-0.2, -0.15) is 9.61 Å². The Hall–Kier alpha value is -2.36. The standard InChI is InChI=1S/C20H26N4/c1-14(2)10-11-21-19-12-18(15(3)4)23-20-17(13-22-24(19)20)16-8-6-5-7-9-16/h5-9,12-15,21H,10-11H2,1-4H3. The van der Waals surface area contributed by atoms with E-state index in [-0.39, 0.29) is 0 Å². The first-order valence-corrected chi connectivity index (χ1v) is 8.74. The molecule has 0 unspecified atom stereocenters. The van der Waals surface area contributed by atoms with E-state index in [2.05, 4.69) is 56.3 Å². The summed E-state index contributed by atoms with van der Waals surface area (Å²) >= 11 is 0. The van der Waals surface area contributed by atoms with Crippen LogP contribution in [0.25, 0.3) is 16.8 Å². The molecule has 0 amide bonds. The molecule has 0 bridgehead atoms. The summed E-state index contributed by atoms with van der Waals surface area (Å²) in [7, 11) is 0. The predicted octanol–water partition coefficient (Wildman–Crippen LogP) is 4.98. The van der Waals surface area contributed by atoms with Crippen molar-refractivity contribution < 1.29 is 0 Å². The minimum atomic E-state index is 0.374. The van der Waals surface area contributed by atoms with E-state index in [0.717, 1.165) is 41.3 Å². The molecule has 1 N–H and O–H groups in total. The van der Waals surface area contributed by atoms with E-state index in [9.17, 15) is 0 Å². The summed E-state index contributed by atoms with van der Waals surface area (Å²) in [5.41, 5.74) is 4.23. The average Bonchev–Trinajstić information content (AvgIpc) is 2.99. The topological polar surface area (TPSA) is 42.2 Å². The second-order valence-electron chi connectivity index (χ2n) is 6.99. The maximum Gasteiger partial charge on any atom is 0.165 e. The molecule has 0 spiro atoms. The molecule has 4 nitrogen and oxygen atoms in total. The molecule has 0 aliphatic heterocycles. The highest BCUT2D eigenvalue weighted by atomic mass is 15.3. The van der Waals surface area contributed by atoms with Crippen LogP contribution in [-0.4, -0.2) is 21.1 Å². The van der Waals surface area contributed by atoms with Gasteiger partial charge in [0.05, 0.1) is 6.20 Å². The molecule has 2 aromatic heterocycles. The second-order valence-corrected chi connectivity index (χ2v) is 6.99. The first kappa shape index (κ1) is 16.5. The number of hydrogen-bond donors (Lipinski definition) is 1. The molecule has 0 saturated heterocycles. The van der Waals surface area contributed by atoms with Crippen molar-refractivity contribution in [3.05, 3.63) is 48.3 Å². The van der Waals surface area contributed by atoms with Crippen LogP contribution in [0.4, 0.5) is 5.82 Å². The van der Waals surface area contributed by atoms with Crippen molar-refractivity contribution in [3.8, 4) is 11.1 Å². The summed E-state index contributed by atoms with van der Waals surface area (Å²) in [6, 6.07) is 12.5. The third-order valence-corrected chi connectivity index (χ3v) is 4.20. The Bertz CT molecular complexity index is 803. The molecule has 4 heteroatoms. The lowest BCUT2D eigenvalue weighted by Crippen LogP contribution is -2.11. The Morgan fingerprint density at radius 3 is 2.50 bits per heavy atom. The number of benzene rings is 1. The molecule has 0 aliphatic rings. The van der Waals surface area contributed by atoms with Crippen molar-refractivity contribution in [2.45, 2.75) is 40.0 Å². The van der Waals surface area contributed by atoms with Crippen LogP contribution in [0, 0.1) is 5.92 Å². The fourth-order valence-electron chi connectivity index (χ4n) is 2.71. The van der Waals surface area contributed by atoms with Gasteiger partial charge in [0.1, 0.15) is 5.82 Å². The number of anilines is 1. The predicted molar refractivity (Wildman–Crippen MR) is 100 cm³/mol. The van der Waals surface area contributed by atoms with E-state index >= 15 is 0 Å². The summed E-state index contributed by atoms with van der Waals surface area (Å²) in [6.07, 6.45) is 3.04. The van der Waals surface area contributed by atoms with Crippen LogP contribution in [0.1, 0.15) is 45.7 Å². The van der Waals surface area contributed by atoms with Gasteiger partial charge in [-0.15, -0.1) is 0 Å². The molecule has 0 saturated carbocycles. The maximum atomic E-state index is 4.88. The Labute approximate surface area is 143 Å². The van der Waals surface area contributed by atoms with Crippen LogP contribution >= 0.6 is 0 Å². The van der Waals surface area contributed by atoms with Gasteiger partial charge in [0.2, 0.25) is 0 Å². The minimum Gasteiger partial charge on any atom is -0.370 e. The van der Waals surface area contributed by atoms with E-state index in [1.165, 1.54) is 0 Å². The Morgan fingerprint density at radius 1 is 1.08 bits per heavy atom. The third kappa shape index (κ3) is 3.42. The first-order valence-electron chi connectivity index (χ1n) is 8.74. The number of hydrogen-bond acceptors (Lipinski definition) is 3. The van der Waals surface area contributed by atoms with E-state index in [4.69, 9.17) is 4.98 Å². The van der Waals surface area contributed by atoms with Crippen LogP contribution in [0.5, 0.6) is 0 Å². The van der Waals surface area contributed by atoms with Crippen LogP contribution in [0.3, 0.4) is 0 Å². The van der Waals surface area contributed by atoms with Gasteiger partial charge in [0.25, 0.3) is 0 Å². The zero-order valence-electron chi connectivity index (χ0n) is 15.0. The van der Waals surface area contributed by atoms with E-state index < -0.39 is 0 Å². The fraction of sp³-hybridized carbons (Fsp3) is 0.400. The Morgan fingerprint density at radius 2 is 1.83 bits per heavy atom. The fourth-order valence-corrected chi connectivity index (χ4v) is 2.71. The average molecular weight is 322 g/mol. The zero-order valence-corrected chi connectivity index (χ0v) is 15.0. The lowest BCUT2D eigenvalue weighted by Gasteiger charge is -2.13. The Balaban J connectivity index is 2.06. The quantitative estimate of drug-likeness (QED) is 0.696. The Kier molecular flexibility index (Phi) is 4.84. The molecule has 24 heavy (non-hydrogen) atoms. The lowest BCUT2D eigenvalue weighted by molar-refractivity contribution is 0.605. The van der Waals surface area contributed by atoms with Gasteiger partial charge in [-0.1, -0.05) is 58.0 Å². The van der Waals surface area contributed by atoms with Gasteiger partial charge < -0.3 is 5.32 Å². The number of fused-ring (bicyclic) bond motifs is 1. The van der Waals surface area contributed by atoms with Gasteiger partial charge in [0.15, 0.2) is 5.65 Å². The highest BCUT2D eigenvalue weighted by Gasteiger charge is 2.14. The molecule has 126 valence electrons. The highest BCUT2D eigenvalue weighted by Crippen LogP contribution is 2.27. The zero-order chi connectivity index (χ0) is 17.1. The van der Waals surface area contributed by atoms with E-state index in [1.54, 1.807) is 0 Å². The number of rotatable bonds is 6. The monoisotopic (exact) mass is 322 g/mol. The van der Waals surface area contributed by atoms with Gasteiger partial charge >= 0.3 is 0 Å². The molecule has 3 aromatic rings. The summed E-state index contributed by atoms with van der Waals surface area (Å²) in [5, 5.41) is 8.12. The minimum absolute atomic E-state index is 0.374. The van der Waals surface area contributed by atoms with Gasteiger partial charge in [0, 0.05) is 23.9 Å². The largest absolute Gasteiger partial charge is 0.370 e. The van der Waals surface area contributed by atoms with Gasteiger partial charge in [-0.25, -0.2) is 4.98 Å². The van der Waals surface area contributed by atoms with Crippen molar-refractivity contribution in [3.63, 3.8) is 0 Å². The molecule has 1 aromatic carbocycles. The van der Waals surface area contributed by atoms with Crippen LogP contribution < -0.4 is 5.32 Å². The smallest absolute Gasteiger partial charge is 0.165 e. The van der Waals surface area contributed by atoms with Crippen LogP contribution in [-0.2, 0) is 0 Å². The maximum absolute atomic E-state index is 4.88. The van der Waals surface area contributed by atoms with E-state index in [0.29, 0.717) is 11.8 Å². The summed E-state index contributed by atoms with van der Waals surface area (Å²) in [4.78, 5) is 4.88. The van der Waals surface area contributed by atoms with Gasteiger partial charge in [-0.05, 0) is 23.8 Å². The van der Waals surface area contributed by atoms with E-state index in [1.807, 2.05) is 28.9 Å². The van der Waals surface area contributed by atoms with Crippen molar-refractivity contribution in [2.75, 3.05) is 11.9 Å². The third-order valence-electron chi connectivity index (χ3n) is 4.20. The lowest BCUT2D eigenvalue weighted by atomic mass is 10.1. The number of nitrogens with zero attached hydrogens (tertiary/aromatic N) is 3. The molecular formula is C20H26N4. The number of nitrogens with one attached hydrogen (secondary N) is 1. The van der Waals surface area contributed by atoms with Crippen molar-refractivity contribution in [2.24, 2.45) is 5.92 Å². The molecule has 0 atom stereocenters. The molecule has 0 aliphatic carbocycles. The SMILES string of the molecule is CC(C)CCNc1cc(C(C)C)nc2c(-c3ccccc3)cnn12. The number of aromatic nitrogens is 3. The first-order chi connectivity index (χ1) is 11.6. The van der Waals surface area contributed by atoms with Crippen LogP contribution in [0.2, 0.25) is 0 Å². The molecule has 2 heterocycles. The molecule has 0 fully saturated rings. The highest BCUT2D eigenvalue weighted by molar-refractivity contribution is 5.78. The second kappa shape index (κ2) is 7.04. The molecule has 3 rings (SSSR count). The summed E-state index contributed by atoms with van der Waals surface area (Å²) in [5.74, 6) is 2.07. The normalized spacial score (nSPS) is 11.6. The van der Waals surface area contributed by atoms with Crippen molar-refractivity contribution in [1.82, 2.24) is 14.6 Å². The van der Waals surface area contributed by atoms with Crippen molar-refractivity contribution in [1.29, 1.82) is 0 Å². The molecule has 0 radical (unpaired) electrons. The van der Waals surface area contributed by atoms with Crippen LogP contribution in [0.15, 0.2) is 42.6 Å².